The molecule has 0 aromatic carbocycles. The van der Waals surface area contributed by atoms with E-state index in [1.807, 2.05) is 0 Å². The Hall–Kier alpha value is -3.93. The molecule has 79 heavy (non-hydrogen) atoms. The van der Waals surface area contributed by atoms with E-state index < -0.39 is 6.10 Å². The molecule has 0 aliphatic rings. The zero-order valence-corrected chi connectivity index (χ0v) is 51.9. The topological polar surface area (TPSA) is 78.9 Å². The fourth-order valence-corrected chi connectivity index (χ4v) is 9.29. The number of unbranched alkanes of at least 4 members (excludes halogenated alkanes) is 31. The van der Waals surface area contributed by atoms with Gasteiger partial charge in [0.25, 0.3) is 0 Å². The SMILES string of the molecule is CC/C=C\C/C=C\C/C=C\C/C=C\C/C=C\C/C=C\C/C=C\CCCC(=O)OC(COC(=O)CCCCCCCCC)COC(=O)CCCCCCCCCCCCCCCCCCCCC/C=C\C/C=C\CCCCCCC. The van der Waals surface area contributed by atoms with Gasteiger partial charge in [-0.3, -0.25) is 14.4 Å². The number of esters is 3. The van der Waals surface area contributed by atoms with Crippen LogP contribution < -0.4 is 0 Å². The van der Waals surface area contributed by atoms with Gasteiger partial charge in [-0.25, -0.2) is 0 Å². The van der Waals surface area contributed by atoms with Crippen LogP contribution >= 0.6 is 0 Å². The Bertz CT molecular complexity index is 1590. The number of allylic oxidation sites excluding steroid dienone is 18. The molecule has 0 heterocycles. The Kier molecular flexibility index (Phi) is 63.3. The monoisotopic (exact) mass is 1100 g/mol. The summed E-state index contributed by atoms with van der Waals surface area (Å²) in [5, 5.41) is 0. The Morgan fingerprint density at radius 1 is 0.266 bits per heavy atom. The van der Waals surface area contributed by atoms with E-state index >= 15 is 0 Å². The van der Waals surface area contributed by atoms with Crippen LogP contribution in [0.5, 0.6) is 0 Å². The van der Waals surface area contributed by atoms with E-state index in [1.54, 1.807) is 0 Å². The average molecular weight is 1100 g/mol. The largest absolute Gasteiger partial charge is 0.462 e. The van der Waals surface area contributed by atoms with E-state index in [2.05, 4.69) is 130 Å². The van der Waals surface area contributed by atoms with Crippen molar-refractivity contribution >= 4 is 17.9 Å². The van der Waals surface area contributed by atoms with Gasteiger partial charge in [0.2, 0.25) is 0 Å². The summed E-state index contributed by atoms with van der Waals surface area (Å²) < 4.78 is 16.8. The Morgan fingerprint density at radius 2 is 0.506 bits per heavy atom. The third-order valence-corrected chi connectivity index (χ3v) is 14.3. The van der Waals surface area contributed by atoms with E-state index in [0.717, 1.165) is 96.3 Å². The summed E-state index contributed by atoms with van der Waals surface area (Å²) in [4.78, 5) is 38.1. The van der Waals surface area contributed by atoms with Gasteiger partial charge >= 0.3 is 17.9 Å². The number of hydrogen-bond acceptors (Lipinski definition) is 6. The van der Waals surface area contributed by atoms with Crippen molar-refractivity contribution in [3.05, 3.63) is 109 Å². The second kappa shape index (κ2) is 66.6. The third kappa shape index (κ3) is 64.8. The molecule has 6 nitrogen and oxygen atoms in total. The molecule has 0 aliphatic carbocycles. The van der Waals surface area contributed by atoms with Gasteiger partial charge in [-0.15, -0.1) is 0 Å². The van der Waals surface area contributed by atoms with Crippen molar-refractivity contribution in [1.29, 1.82) is 0 Å². The number of carbonyl (C=O) groups is 3. The number of rotatable bonds is 60. The summed E-state index contributed by atoms with van der Waals surface area (Å²) >= 11 is 0. The smallest absolute Gasteiger partial charge is 0.306 e. The standard InChI is InChI=1S/C73H124O6/c1-4-7-10-13-16-18-20-22-24-26-28-30-32-33-34-35-36-37-38-39-41-42-44-46-48-50-52-54-57-60-63-66-72(75)78-69-70(68-77-71(74)65-62-59-56-15-12-9-6-3)79-73(76)67-64-61-58-55-53-51-49-47-45-43-40-31-29-27-25-23-21-19-17-14-11-8-5-2/h8,11,17,19-20,22-23,25-26,28-29,31,43,45,49,51,55,58,70H,4-7,9-10,12-16,18,21,24,27,30,32-42,44,46-48,50,52-54,56-57,59-69H2,1-3H3/b11-8-,19-17-,22-20-,25-23-,28-26-,31-29-,45-43-,51-49-,58-55-. The maximum absolute atomic E-state index is 12.8. The maximum Gasteiger partial charge on any atom is 0.306 e. The molecule has 0 aliphatic heterocycles. The van der Waals surface area contributed by atoms with E-state index in [9.17, 15) is 14.4 Å². The minimum Gasteiger partial charge on any atom is -0.462 e. The van der Waals surface area contributed by atoms with Gasteiger partial charge in [-0.05, 0) is 103 Å². The molecule has 0 saturated heterocycles. The molecule has 1 atom stereocenters. The maximum atomic E-state index is 12.8. The summed E-state index contributed by atoms with van der Waals surface area (Å²) in [6.07, 6.45) is 91.5. The third-order valence-electron chi connectivity index (χ3n) is 14.3. The highest BCUT2D eigenvalue weighted by atomic mass is 16.6. The van der Waals surface area contributed by atoms with Gasteiger partial charge in [0, 0.05) is 19.3 Å². The number of carbonyl (C=O) groups excluding carboxylic acids is 3. The summed E-state index contributed by atoms with van der Waals surface area (Å²) in [6, 6.07) is 0. The highest BCUT2D eigenvalue weighted by Gasteiger charge is 2.19. The highest BCUT2D eigenvalue weighted by molar-refractivity contribution is 5.71. The summed E-state index contributed by atoms with van der Waals surface area (Å²) in [5.41, 5.74) is 0. The molecule has 0 spiro atoms. The Balaban J connectivity index is 4.14. The van der Waals surface area contributed by atoms with E-state index in [-0.39, 0.29) is 37.5 Å². The molecule has 0 amide bonds. The average Bonchev–Trinajstić information content (AvgIpc) is 3.45. The predicted molar refractivity (Wildman–Crippen MR) is 343 cm³/mol. The Morgan fingerprint density at radius 3 is 0.810 bits per heavy atom. The quantitative estimate of drug-likeness (QED) is 0.0261. The van der Waals surface area contributed by atoms with Gasteiger partial charge < -0.3 is 14.2 Å². The summed E-state index contributed by atoms with van der Waals surface area (Å²) in [5.74, 6) is -0.959. The van der Waals surface area contributed by atoms with Crippen LogP contribution in [0, 0.1) is 0 Å². The first-order valence-electron chi connectivity index (χ1n) is 33.4. The molecule has 0 N–H and O–H groups in total. The molecule has 0 fully saturated rings. The summed E-state index contributed by atoms with van der Waals surface area (Å²) in [7, 11) is 0. The zero-order valence-electron chi connectivity index (χ0n) is 51.9. The van der Waals surface area contributed by atoms with Crippen LogP contribution in [0.25, 0.3) is 0 Å². The van der Waals surface area contributed by atoms with Crippen molar-refractivity contribution < 1.29 is 28.6 Å². The lowest BCUT2D eigenvalue weighted by atomic mass is 10.0. The molecule has 6 heteroatoms. The first-order valence-corrected chi connectivity index (χ1v) is 33.4. The lowest BCUT2D eigenvalue weighted by Gasteiger charge is -2.18. The van der Waals surface area contributed by atoms with Gasteiger partial charge in [0.05, 0.1) is 0 Å². The van der Waals surface area contributed by atoms with E-state index in [0.29, 0.717) is 19.3 Å². The molecule has 452 valence electrons. The Labute approximate surface area is 489 Å². The molecular formula is C73H124O6. The van der Waals surface area contributed by atoms with Crippen LogP contribution in [0.1, 0.15) is 316 Å². The van der Waals surface area contributed by atoms with Crippen molar-refractivity contribution in [2.24, 2.45) is 0 Å². The molecule has 0 rings (SSSR count). The van der Waals surface area contributed by atoms with Crippen molar-refractivity contribution in [3.8, 4) is 0 Å². The first-order chi connectivity index (χ1) is 39.0. The number of hydrogen-bond donors (Lipinski definition) is 0. The fourth-order valence-electron chi connectivity index (χ4n) is 9.29. The zero-order chi connectivity index (χ0) is 57.1. The lowest BCUT2D eigenvalue weighted by molar-refractivity contribution is -0.167. The van der Waals surface area contributed by atoms with Gasteiger partial charge in [0.15, 0.2) is 6.10 Å². The van der Waals surface area contributed by atoms with Crippen molar-refractivity contribution in [1.82, 2.24) is 0 Å². The molecule has 0 bridgehead atoms. The van der Waals surface area contributed by atoms with Gasteiger partial charge in [-0.1, -0.05) is 304 Å². The van der Waals surface area contributed by atoms with Gasteiger partial charge in [0.1, 0.15) is 13.2 Å². The molecule has 1 unspecified atom stereocenters. The number of ether oxygens (including phenoxy) is 3. The molecular weight excluding hydrogens is 973 g/mol. The van der Waals surface area contributed by atoms with Crippen LogP contribution in [0.3, 0.4) is 0 Å². The van der Waals surface area contributed by atoms with Crippen LogP contribution in [-0.2, 0) is 28.6 Å². The summed E-state index contributed by atoms with van der Waals surface area (Å²) in [6.45, 7) is 6.45. The second-order valence-electron chi connectivity index (χ2n) is 22.0. The first kappa shape index (κ1) is 75.1. The van der Waals surface area contributed by atoms with Crippen molar-refractivity contribution in [3.63, 3.8) is 0 Å². The minimum absolute atomic E-state index is 0.0992. The van der Waals surface area contributed by atoms with E-state index in [4.69, 9.17) is 14.2 Å². The van der Waals surface area contributed by atoms with Gasteiger partial charge in [-0.2, -0.15) is 0 Å². The lowest BCUT2D eigenvalue weighted by Crippen LogP contribution is -2.30. The molecule has 0 saturated carbocycles. The van der Waals surface area contributed by atoms with E-state index in [1.165, 1.54) is 173 Å². The predicted octanol–water partition coefficient (Wildman–Crippen LogP) is 23.0. The van der Waals surface area contributed by atoms with Crippen molar-refractivity contribution in [2.45, 2.75) is 322 Å². The fraction of sp³-hybridized carbons (Fsp3) is 0.712. The molecule has 0 radical (unpaired) electrons. The van der Waals surface area contributed by atoms with Crippen molar-refractivity contribution in [2.75, 3.05) is 13.2 Å². The normalized spacial score (nSPS) is 12.8. The molecule has 0 aromatic rings. The van der Waals surface area contributed by atoms with Crippen LogP contribution in [0.15, 0.2) is 109 Å². The highest BCUT2D eigenvalue weighted by Crippen LogP contribution is 2.17. The molecule has 0 aromatic heterocycles. The second-order valence-corrected chi connectivity index (χ2v) is 22.0. The van der Waals surface area contributed by atoms with Crippen LogP contribution in [-0.4, -0.2) is 37.2 Å². The van der Waals surface area contributed by atoms with Crippen LogP contribution in [0.4, 0.5) is 0 Å². The van der Waals surface area contributed by atoms with Crippen LogP contribution in [0.2, 0.25) is 0 Å². The minimum atomic E-state index is -0.807.